The molecule has 2 saturated carbocycles. The highest BCUT2D eigenvalue weighted by atomic mass is 16.7. The van der Waals surface area contributed by atoms with Crippen molar-refractivity contribution in [2.75, 3.05) is 26.2 Å². The van der Waals surface area contributed by atoms with Crippen molar-refractivity contribution in [2.45, 2.75) is 84.5 Å². The van der Waals surface area contributed by atoms with Gasteiger partial charge in [-0.2, -0.15) is 5.48 Å². The van der Waals surface area contributed by atoms with E-state index in [1.54, 1.807) is 0 Å². The molecule has 6 nitrogen and oxygen atoms in total. The van der Waals surface area contributed by atoms with Crippen LogP contribution in [0.1, 0.15) is 66.2 Å². The molecule has 0 aromatic carbocycles. The third kappa shape index (κ3) is 4.97. The molecule has 4 fully saturated rings. The van der Waals surface area contributed by atoms with Crippen LogP contribution in [0.4, 0.5) is 0 Å². The van der Waals surface area contributed by atoms with Gasteiger partial charge in [0.25, 0.3) is 0 Å². The molecule has 4 aliphatic rings. The maximum absolute atomic E-state index is 12.7. The van der Waals surface area contributed by atoms with Gasteiger partial charge in [0.05, 0.1) is 12.2 Å². The van der Waals surface area contributed by atoms with E-state index in [4.69, 9.17) is 4.84 Å². The number of carbonyl (C=O) groups is 1. The van der Waals surface area contributed by atoms with Crippen molar-refractivity contribution < 1.29 is 14.7 Å². The van der Waals surface area contributed by atoms with E-state index in [1.165, 1.54) is 25.8 Å². The molecule has 2 heterocycles. The first-order chi connectivity index (χ1) is 14.9. The van der Waals surface area contributed by atoms with Crippen LogP contribution in [0.15, 0.2) is 0 Å². The number of aliphatic hydroxyl groups is 1. The first-order valence-electron chi connectivity index (χ1n) is 13.0. The highest BCUT2D eigenvalue weighted by Gasteiger charge is 2.51. The molecule has 0 aromatic heterocycles. The molecule has 4 rings (SSSR count). The van der Waals surface area contributed by atoms with Gasteiger partial charge in [-0.05, 0) is 87.1 Å². The van der Waals surface area contributed by atoms with Gasteiger partial charge >= 0.3 is 0 Å². The lowest BCUT2D eigenvalue weighted by Crippen LogP contribution is -2.54. The lowest BCUT2D eigenvalue weighted by atomic mass is 9.63. The smallest absolute Gasteiger partial charge is 0.223 e. The zero-order chi connectivity index (χ0) is 22.1. The van der Waals surface area contributed by atoms with Crippen LogP contribution >= 0.6 is 0 Å². The largest absolute Gasteiger partial charge is 0.393 e. The predicted molar refractivity (Wildman–Crippen MR) is 122 cm³/mol. The summed E-state index contributed by atoms with van der Waals surface area (Å²) < 4.78 is 0. The number of nitrogens with zero attached hydrogens (tertiary/aromatic N) is 1. The van der Waals surface area contributed by atoms with Crippen molar-refractivity contribution in [3.8, 4) is 0 Å². The minimum absolute atomic E-state index is 0.0500. The summed E-state index contributed by atoms with van der Waals surface area (Å²) in [4.78, 5) is 21.6. The third-order valence-electron chi connectivity index (χ3n) is 9.04. The van der Waals surface area contributed by atoms with Crippen LogP contribution in [0, 0.1) is 41.4 Å². The van der Waals surface area contributed by atoms with Gasteiger partial charge in [-0.15, -0.1) is 0 Å². The molecule has 9 atom stereocenters. The number of nitrogens with one attached hydrogen (secondary N) is 2. The molecule has 2 saturated heterocycles. The second-order valence-corrected chi connectivity index (χ2v) is 11.2. The lowest BCUT2D eigenvalue weighted by molar-refractivity contribution is -0.165. The first kappa shape index (κ1) is 23.5. The molecular formula is C25H45N3O3. The molecule has 6 heteroatoms. The minimum atomic E-state index is -0.295. The van der Waals surface area contributed by atoms with Gasteiger partial charge in [-0.1, -0.05) is 27.7 Å². The highest BCUT2D eigenvalue weighted by molar-refractivity contribution is 5.81. The fraction of sp³-hybridized carbons (Fsp3) is 0.960. The zero-order valence-electron chi connectivity index (χ0n) is 20.1. The van der Waals surface area contributed by atoms with E-state index in [-0.39, 0.29) is 41.8 Å². The van der Waals surface area contributed by atoms with Crippen molar-refractivity contribution in [1.29, 1.82) is 0 Å². The summed E-state index contributed by atoms with van der Waals surface area (Å²) in [5.74, 6) is 2.72. The van der Waals surface area contributed by atoms with Crippen LogP contribution in [0.3, 0.4) is 0 Å². The molecule has 0 bridgehead atoms. The van der Waals surface area contributed by atoms with Gasteiger partial charge in [-0.3, -0.25) is 9.63 Å². The van der Waals surface area contributed by atoms with Crippen molar-refractivity contribution in [3.05, 3.63) is 0 Å². The quantitative estimate of drug-likeness (QED) is 0.573. The van der Waals surface area contributed by atoms with Gasteiger partial charge in [0.1, 0.15) is 0 Å². The van der Waals surface area contributed by atoms with Crippen molar-refractivity contribution in [1.82, 2.24) is 15.7 Å². The van der Waals surface area contributed by atoms with Crippen LogP contribution in [-0.2, 0) is 9.63 Å². The van der Waals surface area contributed by atoms with Gasteiger partial charge < -0.3 is 15.3 Å². The summed E-state index contributed by atoms with van der Waals surface area (Å²) >= 11 is 0. The number of carbonyl (C=O) groups excluding carboxylic acids is 1. The van der Waals surface area contributed by atoms with Gasteiger partial charge in [0, 0.05) is 25.0 Å². The Morgan fingerprint density at radius 1 is 1.10 bits per heavy atom. The van der Waals surface area contributed by atoms with Crippen molar-refractivity contribution in [2.24, 2.45) is 41.4 Å². The fourth-order valence-corrected chi connectivity index (χ4v) is 7.23. The van der Waals surface area contributed by atoms with Crippen LogP contribution in [0.2, 0.25) is 0 Å². The molecule has 31 heavy (non-hydrogen) atoms. The maximum atomic E-state index is 12.7. The summed E-state index contributed by atoms with van der Waals surface area (Å²) in [6, 6.07) is 0.457. The Bertz CT molecular complexity index is 611. The zero-order valence-corrected chi connectivity index (χ0v) is 20.1. The second-order valence-electron chi connectivity index (χ2n) is 11.2. The molecule has 3 N–H and O–H groups in total. The van der Waals surface area contributed by atoms with E-state index >= 15 is 0 Å². The van der Waals surface area contributed by atoms with E-state index < -0.39 is 0 Å². The Hall–Kier alpha value is -0.690. The Morgan fingerprint density at radius 2 is 1.87 bits per heavy atom. The molecule has 9 unspecified atom stereocenters. The Labute approximate surface area is 188 Å². The number of hydrogen-bond acceptors (Lipinski definition) is 5. The SMILES string of the molecule is CCN(CC)CC1CCC2NOC(C3CC(C(O)C(C)C)CC4CNC(=O)C43)CC2C1. The van der Waals surface area contributed by atoms with Crippen LogP contribution in [-0.4, -0.2) is 60.3 Å². The van der Waals surface area contributed by atoms with E-state index in [9.17, 15) is 9.90 Å². The normalized spacial score (nSPS) is 41.7. The molecular weight excluding hydrogens is 390 g/mol. The lowest BCUT2D eigenvalue weighted by Gasteiger charge is -2.48. The van der Waals surface area contributed by atoms with Crippen LogP contribution in [0.25, 0.3) is 0 Å². The summed E-state index contributed by atoms with van der Waals surface area (Å²) in [5.41, 5.74) is 3.42. The molecule has 178 valence electrons. The molecule has 0 radical (unpaired) electrons. The number of aliphatic hydroxyl groups excluding tert-OH is 1. The van der Waals surface area contributed by atoms with Gasteiger partial charge in [0.15, 0.2) is 0 Å². The molecule has 0 aromatic rings. The summed E-state index contributed by atoms with van der Waals surface area (Å²) in [6.45, 7) is 13.0. The summed E-state index contributed by atoms with van der Waals surface area (Å²) in [5, 5.41) is 14.0. The monoisotopic (exact) mass is 435 g/mol. The van der Waals surface area contributed by atoms with E-state index in [2.05, 4.69) is 43.4 Å². The Morgan fingerprint density at radius 3 is 2.58 bits per heavy atom. The number of fused-ring (bicyclic) bond motifs is 2. The third-order valence-corrected chi connectivity index (χ3v) is 9.04. The first-order valence-corrected chi connectivity index (χ1v) is 13.0. The van der Waals surface area contributed by atoms with E-state index in [1.807, 2.05) is 0 Å². The number of hydroxylamine groups is 1. The average molecular weight is 436 g/mol. The number of amides is 1. The van der Waals surface area contributed by atoms with Gasteiger partial charge in [-0.25, -0.2) is 0 Å². The maximum Gasteiger partial charge on any atom is 0.223 e. The Kier molecular flexibility index (Phi) is 7.62. The average Bonchev–Trinajstić information content (AvgIpc) is 3.16. The number of hydrogen-bond donors (Lipinski definition) is 3. The molecule has 1 amide bonds. The molecule has 2 aliphatic carbocycles. The van der Waals surface area contributed by atoms with Gasteiger partial charge in [0.2, 0.25) is 5.91 Å². The molecule has 2 aliphatic heterocycles. The topological polar surface area (TPSA) is 73.8 Å². The van der Waals surface area contributed by atoms with Crippen molar-refractivity contribution >= 4 is 5.91 Å². The van der Waals surface area contributed by atoms with Crippen molar-refractivity contribution in [3.63, 3.8) is 0 Å². The predicted octanol–water partition coefficient (Wildman–Crippen LogP) is 2.81. The number of rotatable bonds is 7. The van der Waals surface area contributed by atoms with E-state index in [0.717, 1.165) is 44.8 Å². The summed E-state index contributed by atoms with van der Waals surface area (Å²) in [7, 11) is 0. The molecule has 0 spiro atoms. The Balaban J connectivity index is 1.44. The van der Waals surface area contributed by atoms with Crippen LogP contribution < -0.4 is 10.8 Å². The fourth-order valence-electron chi connectivity index (χ4n) is 7.23. The summed E-state index contributed by atoms with van der Waals surface area (Å²) in [6.07, 6.45) is 6.42. The second kappa shape index (κ2) is 10.1. The minimum Gasteiger partial charge on any atom is -0.393 e. The standard InChI is InChI=1S/C25H45N3O3/c1-5-28(6-2)14-16-7-8-21-17(9-16)12-22(31-27-21)20-11-18(24(29)15(3)4)10-19-13-26-25(30)23(19)20/h15-24,27,29H,5-14H2,1-4H3,(H,26,30). The highest BCUT2D eigenvalue weighted by Crippen LogP contribution is 2.47. The van der Waals surface area contributed by atoms with Crippen LogP contribution in [0.5, 0.6) is 0 Å². The van der Waals surface area contributed by atoms with E-state index in [0.29, 0.717) is 17.9 Å².